The van der Waals surface area contributed by atoms with E-state index in [2.05, 4.69) is 30.7 Å². The maximum Gasteiger partial charge on any atom is 0.104 e. The molecule has 0 radical (unpaired) electrons. The van der Waals surface area contributed by atoms with Crippen LogP contribution in [0.5, 0.6) is 0 Å². The SMILES string of the molecule is CC(C)(C)c1csc(CC(O)c2ncccc2Cl)n1. The van der Waals surface area contributed by atoms with Crippen molar-refractivity contribution in [3.8, 4) is 0 Å². The van der Waals surface area contributed by atoms with Crippen molar-refractivity contribution in [3.63, 3.8) is 0 Å². The molecule has 1 N–H and O–H groups in total. The smallest absolute Gasteiger partial charge is 0.104 e. The van der Waals surface area contributed by atoms with Crippen molar-refractivity contribution < 1.29 is 5.11 Å². The molecule has 1 atom stereocenters. The number of aromatic nitrogens is 2. The molecule has 2 aromatic heterocycles. The van der Waals surface area contributed by atoms with Gasteiger partial charge in [-0.2, -0.15) is 0 Å². The van der Waals surface area contributed by atoms with Gasteiger partial charge in [0.2, 0.25) is 0 Å². The Bertz CT molecular complexity index is 563. The molecule has 2 aromatic rings. The van der Waals surface area contributed by atoms with Crippen molar-refractivity contribution >= 4 is 22.9 Å². The minimum Gasteiger partial charge on any atom is -0.386 e. The van der Waals surface area contributed by atoms with Crippen LogP contribution in [0.25, 0.3) is 0 Å². The Morgan fingerprint density at radius 1 is 1.42 bits per heavy atom. The minimum atomic E-state index is -0.715. The molecule has 0 spiro atoms. The summed E-state index contributed by atoms with van der Waals surface area (Å²) >= 11 is 7.59. The van der Waals surface area contributed by atoms with Crippen molar-refractivity contribution in [1.82, 2.24) is 9.97 Å². The molecule has 0 saturated carbocycles. The van der Waals surface area contributed by atoms with Crippen LogP contribution in [-0.2, 0) is 11.8 Å². The zero-order chi connectivity index (χ0) is 14.0. The molecule has 0 amide bonds. The fraction of sp³-hybridized carbons (Fsp3) is 0.429. The van der Waals surface area contributed by atoms with Gasteiger partial charge >= 0.3 is 0 Å². The summed E-state index contributed by atoms with van der Waals surface area (Å²) < 4.78 is 0. The van der Waals surface area contributed by atoms with Gasteiger partial charge in [-0.15, -0.1) is 11.3 Å². The lowest BCUT2D eigenvalue weighted by atomic mass is 9.93. The average molecular weight is 297 g/mol. The van der Waals surface area contributed by atoms with Gasteiger partial charge in [-0.05, 0) is 12.1 Å². The molecule has 19 heavy (non-hydrogen) atoms. The lowest BCUT2D eigenvalue weighted by molar-refractivity contribution is 0.173. The Kier molecular flexibility index (Phi) is 4.23. The van der Waals surface area contributed by atoms with Crippen LogP contribution in [0.4, 0.5) is 0 Å². The number of halogens is 1. The van der Waals surface area contributed by atoms with Crippen molar-refractivity contribution in [1.29, 1.82) is 0 Å². The van der Waals surface area contributed by atoms with Gasteiger partial charge in [0.05, 0.1) is 21.4 Å². The van der Waals surface area contributed by atoms with Gasteiger partial charge in [0.25, 0.3) is 0 Å². The number of aliphatic hydroxyl groups is 1. The summed E-state index contributed by atoms with van der Waals surface area (Å²) in [5.41, 5.74) is 1.59. The van der Waals surface area contributed by atoms with Crippen molar-refractivity contribution in [3.05, 3.63) is 45.1 Å². The minimum absolute atomic E-state index is 0.0301. The average Bonchev–Trinajstić information content (AvgIpc) is 2.77. The lowest BCUT2D eigenvalue weighted by Gasteiger charge is -2.14. The van der Waals surface area contributed by atoms with Crippen LogP contribution >= 0.6 is 22.9 Å². The van der Waals surface area contributed by atoms with Gasteiger partial charge in [0.15, 0.2) is 0 Å². The summed E-state index contributed by atoms with van der Waals surface area (Å²) in [6.07, 6.45) is 1.36. The quantitative estimate of drug-likeness (QED) is 0.938. The van der Waals surface area contributed by atoms with Crippen molar-refractivity contribution in [2.24, 2.45) is 0 Å². The number of aliphatic hydroxyl groups excluding tert-OH is 1. The van der Waals surface area contributed by atoms with Crippen LogP contribution in [0.3, 0.4) is 0 Å². The first-order chi connectivity index (χ1) is 8.88. The van der Waals surface area contributed by atoms with Gasteiger partial charge in [0.1, 0.15) is 6.10 Å². The molecule has 0 aliphatic rings. The molecule has 3 nitrogen and oxygen atoms in total. The number of rotatable bonds is 3. The van der Waals surface area contributed by atoms with Gasteiger partial charge in [-0.25, -0.2) is 4.98 Å². The van der Waals surface area contributed by atoms with Crippen LogP contribution < -0.4 is 0 Å². The number of hydrogen-bond acceptors (Lipinski definition) is 4. The fourth-order valence-corrected chi connectivity index (χ4v) is 2.96. The topological polar surface area (TPSA) is 46.0 Å². The van der Waals surface area contributed by atoms with Crippen molar-refractivity contribution in [2.45, 2.75) is 38.7 Å². The van der Waals surface area contributed by atoms with Gasteiger partial charge < -0.3 is 5.11 Å². The third-order valence-electron chi connectivity index (χ3n) is 2.79. The third-order valence-corrected chi connectivity index (χ3v) is 3.98. The first-order valence-corrected chi connectivity index (χ1v) is 7.37. The van der Waals surface area contributed by atoms with E-state index in [4.69, 9.17) is 11.6 Å². The molecule has 0 aliphatic heterocycles. The number of pyridine rings is 1. The number of thiazole rings is 1. The van der Waals surface area contributed by atoms with E-state index in [1.165, 1.54) is 0 Å². The number of nitrogens with zero attached hydrogens (tertiary/aromatic N) is 2. The lowest BCUT2D eigenvalue weighted by Crippen LogP contribution is -2.12. The first kappa shape index (κ1) is 14.4. The second kappa shape index (κ2) is 5.57. The Hall–Kier alpha value is -0.970. The molecule has 2 rings (SSSR count). The van der Waals surface area contributed by atoms with Crippen molar-refractivity contribution in [2.75, 3.05) is 0 Å². The standard InChI is InChI=1S/C14H17ClN2OS/c1-14(2,3)11-8-19-12(17-11)7-10(18)13-9(15)5-4-6-16-13/h4-6,8,10,18H,7H2,1-3H3. The van der Waals surface area contributed by atoms with E-state index < -0.39 is 6.10 Å². The summed E-state index contributed by atoms with van der Waals surface area (Å²) in [5.74, 6) is 0. The zero-order valence-electron chi connectivity index (χ0n) is 11.2. The molecular weight excluding hydrogens is 280 g/mol. The summed E-state index contributed by atoms with van der Waals surface area (Å²) in [7, 11) is 0. The molecule has 1 unspecified atom stereocenters. The van der Waals surface area contributed by atoms with E-state index in [1.54, 1.807) is 29.7 Å². The molecule has 5 heteroatoms. The van der Waals surface area contributed by atoms with E-state index in [1.807, 2.05) is 5.38 Å². The van der Waals surface area contributed by atoms with Gasteiger partial charge in [-0.1, -0.05) is 32.4 Å². The van der Waals surface area contributed by atoms with Gasteiger partial charge in [-0.3, -0.25) is 4.98 Å². The highest BCUT2D eigenvalue weighted by atomic mass is 35.5. The zero-order valence-corrected chi connectivity index (χ0v) is 12.8. The summed E-state index contributed by atoms with van der Waals surface area (Å²) in [6.45, 7) is 6.37. The summed E-state index contributed by atoms with van der Waals surface area (Å²) in [4.78, 5) is 8.69. The van der Waals surface area contributed by atoms with E-state index in [0.717, 1.165) is 10.7 Å². The molecule has 102 valence electrons. The normalized spacial score (nSPS) is 13.5. The van der Waals surface area contributed by atoms with Crippen LogP contribution in [0.2, 0.25) is 5.02 Å². The van der Waals surface area contributed by atoms with Crippen LogP contribution in [0.1, 0.15) is 43.3 Å². The summed E-state index contributed by atoms with van der Waals surface area (Å²) in [6, 6.07) is 3.48. The predicted molar refractivity (Wildman–Crippen MR) is 78.7 cm³/mol. The Labute approximate surface area is 122 Å². The van der Waals surface area contributed by atoms with Crippen LogP contribution in [0, 0.1) is 0 Å². The monoisotopic (exact) mass is 296 g/mol. The van der Waals surface area contributed by atoms with E-state index in [9.17, 15) is 5.11 Å². The van der Waals surface area contributed by atoms with E-state index >= 15 is 0 Å². The molecule has 0 aliphatic carbocycles. The molecule has 0 bridgehead atoms. The third kappa shape index (κ3) is 3.53. The largest absolute Gasteiger partial charge is 0.386 e. The first-order valence-electron chi connectivity index (χ1n) is 6.11. The highest BCUT2D eigenvalue weighted by Gasteiger charge is 2.20. The Morgan fingerprint density at radius 3 is 2.74 bits per heavy atom. The molecule has 0 aromatic carbocycles. The molecule has 2 heterocycles. The van der Waals surface area contributed by atoms with Gasteiger partial charge in [0, 0.05) is 23.4 Å². The van der Waals surface area contributed by atoms with Crippen LogP contribution in [-0.4, -0.2) is 15.1 Å². The second-order valence-corrected chi connectivity index (χ2v) is 6.82. The number of hydrogen-bond donors (Lipinski definition) is 1. The van der Waals surface area contributed by atoms with Crippen LogP contribution in [0.15, 0.2) is 23.7 Å². The molecular formula is C14H17ClN2OS. The maximum atomic E-state index is 10.2. The van der Waals surface area contributed by atoms with E-state index in [-0.39, 0.29) is 5.41 Å². The molecule has 0 saturated heterocycles. The Balaban J connectivity index is 2.14. The Morgan fingerprint density at radius 2 is 2.16 bits per heavy atom. The van der Waals surface area contributed by atoms with E-state index in [0.29, 0.717) is 17.1 Å². The second-order valence-electron chi connectivity index (χ2n) is 5.47. The highest BCUT2D eigenvalue weighted by Crippen LogP contribution is 2.28. The summed E-state index contributed by atoms with van der Waals surface area (Å²) in [5, 5.41) is 13.6. The predicted octanol–water partition coefficient (Wildman–Crippen LogP) is 3.77. The molecule has 0 fully saturated rings. The fourth-order valence-electron chi connectivity index (χ4n) is 1.65. The maximum absolute atomic E-state index is 10.2. The highest BCUT2D eigenvalue weighted by molar-refractivity contribution is 7.09.